The molecule has 2 heterocycles. The number of unbranched alkanes of at least 4 members (excludes halogenated alkanes) is 2. The van der Waals surface area contributed by atoms with E-state index in [2.05, 4.69) is 13.8 Å². The fraction of sp³-hybridized carbons (Fsp3) is 0.889. The van der Waals surface area contributed by atoms with E-state index in [0.29, 0.717) is 26.3 Å². The van der Waals surface area contributed by atoms with E-state index < -0.39 is 0 Å². The van der Waals surface area contributed by atoms with E-state index in [1.165, 1.54) is 0 Å². The van der Waals surface area contributed by atoms with E-state index >= 15 is 0 Å². The van der Waals surface area contributed by atoms with Gasteiger partial charge in [-0.3, -0.25) is 9.80 Å². The Bertz CT molecular complexity index is 436. The van der Waals surface area contributed by atoms with Crippen LogP contribution in [-0.4, -0.2) is 83.8 Å². The lowest BCUT2D eigenvalue weighted by atomic mass is 10.3. The summed E-state index contributed by atoms with van der Waals surface area (Å²) in [6, 6.07) is -0.160. The minimum Gasteiger partial charge on any atom is -0.361 e. The van der Waals surface area contributed by atoms with Crippen molar-refractivity contribution in [3.63, 3.8) is 0 Å². The standard InChI is InChI=1S/C18H34N4O4/c1-5-9-11-25-13-21-16-15(19(7-3)17(21)23)20(8-4)18(24)22(16)14-26-12-10-6-2/h15-16H,5-14H2,1-4H3. The molecule has 0 N–H and O–H groups in total. The van der Waals surface area contributed by atoms with Crippen LogP contribution in [0.4, 0.5) is 9.59 Å². The van der Waals surface area contributed by atoms with Crippen molar-refractivity contribution in [3.8, 4) is 0 Å². The van der Waals surface area contributed by atoms with Gasteiger partial charge in [0, 0.05) is 26.3 Å². The van der Waals surface area contributed by atoms with Gasteiger partial charge in [0.15, 0.2) is 6.17 Å². The van der Waals surface area contributed by atoms with Crippen LogP contribution in [0.2, 0.25) is 0 Å². The van der Waals surface area contributed by atoms with Crippen molar-refractivity contribution in [1.82, 2.24) is 19.6 Å². The molecule has 2 rings (SSSR count). The summed E-state index contributed by atoms with van der Waals surface area (Å²) in [5.74, 6) is 0. The second kappa shape index (κ2) is 9.97. The van der Waals surface area contributed by atoms with Crippen molar-refractivity contribution in [3.05, 3.63) is 0 Å². The van der Waals surface area contributed by atoms with Crippen molar-refractivity contribution in [2.45, 2.75) is 65.7 Å². The van der Waals surface area contributed by atoms with Crippen LogP contribution >= 0.6 is 0 Å². The molecule has 2 aliphatic rings. The molecular weight excluding hydrogens is 336 g/mol. The van der Waals surface area contributed by atoms with E-state index in [9.17, 15) is 9.59 Å². The number of carbonyl (C=O) groups excluding carboxylic acids is 2. The Balaban J connectivity index is 2.15. The highest BCUT2D eigenvalue weighted by Gasteiger charge is 2.58. The Morgan fingerprint density at radius 3 is 1.42 bits per heavy atom. The molecule has 26 heavy (non-hydrogen) atoms. The molecule has 2 fully saturated rings. The third-order valence-corrected chi connectivity index (χ3v) is 4.95. The maximum absolute atomic E-state index is 12.9. The smallest absolute Gasteiger partial charge is 0.325 e. The Labute approximate surface area is 157 Å². The van der Waals surface area contributed by atoms with Gasteiger partial charge in [0.2, 0.25) is 0 Å². The number of likely N-dealkylation sites (N-methyl/N-ethyl adjacent to an activating group) is 2. The van der Waals surface area contributed by atoms with Gasteiger partial charge in [0.25, 0.3) is 0 Å². The van der Waals surface area contributed by atoms with Crippen LogP contribution in [0.1, 0.15) is 53.4 Å². The number of carbonyl (C=O) groups is 2. The Kier molecular flexibility index (Phi) is 7.96. The van der Waals surface area contributed by atoms with Crippen molar-refractivity contribution >= 4 is 12.1 Å². The average molecular weight is 370 g/mol. The molecule has 0 unspecified atom stereocenters. The number of hydrogen-bond acceptors (Lipinski definition) is 4. The molecule has 8 nitrogen and oxygen atoms in total. The van der Waals surface area contributed by atoms with Crippen LogP contribution in [0.15, 0.2) is 0 Å². The van der Waals surface area contributed by atoms with Gasteiger partial charge in [-0.15, -0.1) is 0 Å². The molecule has 150 valence electrons. The Morgan fingerprint density at radius 2 is 1.08 bits per heavy atom. The minimum absolute atomic E-state index is 0.0801. The molecule has 0 atom stereocenters. The molecule has 0 aromatic heterocycles. The largest absolute Gasteiger partial charge is 0.361 e. The molecule has 0 bridgehead atoms. The molecule has 0 saturated carbocycles. The van der Waals surface area contributed by atoms with Gasteiger partial charge in [0.05, 0.1) is 0 Å². The highest BCUT2D eigenvalue weighted by Crippen LogP contribution is 2.34. The summed E-state index contributed by atoms with van der Waals surface area (Å²) in [5.41, 5.74) is 0. The molecular formula is C18H34N4O4. The van der Waals surface area contributed by atoms with Gasteiger partial charge in [-0.2, -0.15) is 0 Å². The number of rotatable bonds is 12. The molecule has 2 aliphatic heterocycles. The van der Waals surface area contributed by atoms with Gasteiger partial charge in [-0.25, -0.2) is 9.59 Å². The summed E-state index contributed by atoms with van der Waals surface area (Å²) in [6.45, 7) is 10.8. The van der Waals surface area contributed by atoms with Crippen molar-refractivity contribution in [1.29, 1.82) is 0 Å². The van der Waals surface area contributed by atoms with E-state index in [0.717, 1.165) is 25.7 Å². The number of ether oxygens (including phenoxy) is 2. The monoisotopic (exact) mass is 370 g/mol. The third-order valence-electron chi connectivity index (χ3n) is 4.95. The molecule has 0 aromatic rings. The van der Waals surface area contributed by atoms with E-state index in [4.69, 9.17) is 9.47 Å². The highest BCUT2D eigenvalue weighted by atomic mass is 16.5. The van der Waals surface area contributed by atoms with E-state index in [1.807, 2.05) is 13.8 Å². The van der Waals surface area contributed by atoms with E-state index in [1.54, 1.807) is 19.6 Å². The zero-order valence-electron chi connectivity index (χ0n) is 16.6. The molecule has 0 radical (unpaired) electrons. The number of fused-ring (bicyclic) bond motifs is 1. The number of nitrogens with zero attached hydrogens (tertiary/aromatic N) is 4. The fourth-order valence-corrected chi connectivity index (χ4v) is 3.49. The van der Waals surface area contributed by atoms with Crippen molar-refractivity contribution in [2.24, 2.45) is 0 Å². The molecule has 0 aliphatic carbocycles. The maximum atomic E-state index is 12.9. The van der Waals surface area contributed by atoms with Gasteiger partial charge >= 0.3 is 12.1 Å². The minimum atomic E-state index is -0.363. The summed E-state index contributed by atoms with van der Waals surface area (Å²) in [4.78, 5) is 32.6. The predicted octanol–water partition coefficient (Wildman–Crippen LogP) is 2.70. The topological polar surface area (TPSA) is 65.6 Å². The first-order valence-corrected chi connectivity index (χ1v) is 9.92. The lowest BCUT2D eigenvalue weighted by Gasteiger charge is -2.29. The second-order valence-corrected chi connectivity index (χ2v) is 6.69. The van der Waals surface area contributed by atoms with Crippen LogP contribution in [0.3, 0.4) is 0 Å². The van der Waals surface area contributed by atoms with Crippen LogP contribution in [0, 0.1) is 0 Å². The molecule has 4 amide bonds. The summed E-state index contributed by atoms with van der Waals surface area (Å²) >= 11 is 0. The predicted molar refractivity (Wildman–Crippen MR) is 98.3 cm³/mol. The van der Waals surface area contributed by atoms with E-state index in [-0.39, 0.29) is 37.9 Å². The Hall–Kier alpha value is -1.54. The van der Waals surface area contributed by atoms with Crippen LogP contribution < -0.4 is 0 Å². The van der Waals surface area contributed by atoms with Crippen LogP contribution in [0.5, 0.6) is 0 Å². The first kappa shape index (κ1) is 20.8. The van der Waals surface area contributed by atoms with Gasteiger partial charge in [-0.05, 0) is 26.7 Å². The first-order valence-electron chi connectivity index (χ1n) is 9.92. The Morgan fingerprint density at radius 1 is 0.692 bits per heavy atom. The maximum Gasteiger partial charge on any atom is 0.325 e. The van der Waals surface area contributed by atoms with Crippen LogP contribution in [-0.2, 0) is 9.47 Å². The summed E-state index contributed by atoms with van der Waals surface area (Å²) in [7, 11) is 0. The normalized spacial score (nSPS) is 22.8. The third kappa shape index (κ3) is 4.06. The SMILES string of the molecule is CCCCOCN1C(=O)N(CC)C2C1N(COCCCC)C(=O)N2CC. The lowest BCUT2D eigenvalue weighted by molar-refractivity contribution is -0.0265. The number of amides is 4. The number of urea groups is 2. The van der Waals surface area contributed by atoms with Gasteiger partial charge in [0.1, 0.15) is 19.6 Å². The molecule has 2 saturated heterocycles. The van der Waals surface area contributed by atoms with Crippen LogP contribution in [0.25, 0.3) is 0 Å². The summed E-state index contributed by atoms with van der Waals surface area (Å²) < 4.78 is 11.4. The molecule has 8 heteroatoms. The first-order chi connectivity index (χ1) is 12.6. The average Bonchev–Trinajstić information content (AvgIpc) is 3.06. The fourth-order valence-electron chi connectivity index (χ4n) is 3.49. The van der Waals surface area contributed by atoms with Gasteiger partial charge < -0.3 is 19.3 Å². The zero-order valence-corrected chi connectivity index (χ0v) is 16.6. The number of hydrogen-bond donors (Lipinski definition) is 0. The molecule has 0 spiro atoms. The van der Waals surface area contributed by atoms with Crippen molar-refractivity contribution in [2.75, 3.05) is 39.8 Å². The lowest BCUT2D eigenvalue weighted by Crippen LogP contribution is -2.48. The summed E-state index contributed by atoms with van der Waals surface area (Å²) in [6.07, 6.45) is 3.35. The summed E-state index contributed by atoms with van der Waals surface area (Å²) in [5, 5.41) is 0. The van der Waals surface area contributed by atoms with Gasteiger partial charge in [-0.1, -0.05) is 26.7 Å². The highest BCUT2D eigenvalue weighted by molar-refractivity contribution is 5.85. The quantitative estimate of drug-likeness (QED) is 0.496. The molecule has 0 aromatic carbocycles. The zero-order chi connectivity index (χ0) is 19.1. The van der Waals surface area contributed by atoms with Crippen molar-refractivity contribution < 1.29 is 19.1 Å². The second-order valence-electron chi connectivity index (χ2n) is 6.69.